The maximum absolute atomic E-state index is 11.7. The van der Waals surface area contributed by atoms with Crippen LogP contribution in [0.1, 0.15) is 57.0 Å². The fraction of sp³-hybridized carbons (Fsp3) is 0.667. The number of carbonyl (C=O) groups excluding carboxylic acids is 1. The summed E-state index contributed by atoms with van der Waals surface area (Å²) in [6.07, 6.45) is 6.48. The molecule has 0 aliphatic rings. The van der Waals surface area contributed by atoms with Gasteiger partial charge in [0.05, 0.1) is 6.26 Å². The Hall–Kier alpha value is -1.25. The minimum absolute atomic E-state index is 0. The molecule has 0 unspecified atom stereocenters. The van der Waals surface area contributed by atoms with Crippen molar-refractivity contribution < 1.29 is 9.21 Å². The van der Waals surface area contributed by atoms with E-state index in [1.807, 2.05) is 0 Å². The number of nitrogens with zero attached hydrogens (tertiary/aromatic N) is 1. The van der Waals surface area contributed by atoms with Gasteiger partial charge in [-0.25, -0.2) is 0 Å². The SMILES string of the molecule is CCCCCC(C)(C)CNC(=NC)NCCNC(=O)c1ccco1.I. The number of nitrogens with one attached hydrogen (secondary N) is 3. The number of guanidine groups is 1. The summed E-state index contributed by atoms with van der Waals surface area (Å²) in [7, 11) is 1.75. The molecule has 0 radical (unpaired) electrons. The highest BCUT2D eigenvalue weighted by atomic mass is 127. The van der Waals surface area contributed by atoms with E-state index < -0.39 is 0 Å². The summed E-state index contributed by atoms with van der Waals surface area (Å²) in [4.78, 5) is 15.9. The van der Waals surface area contributed by atoms with Crippen molar-refractivity contribution in [3.63, 3.8) is 0 Å². The van der Waals surface area contributed by atoms with Gasteiger partial charge in [-0.05, 0) is 24.0 Å². The Kier molecular flexibility index (Phi) is 12.4. The molecule has 0 saturated heterocycles. The number of amides is 1. The maximum Gasteiger partial charge on any atom is 0.287 e. The van der Waals surface area contributed by atoms with Gasteiger partial charge in [0.2, 0.25) is 0 Å². The molecule has 7 heteroatoms. The first-order chi connectivity index (χ1) is 11.5. The van der Waals surface area contributed by atoms with Gasteiger partial charge >= 0.3 is 0 Å². The van der Waals surface area contributed by atoms with Gasteiger partial charge in [-0.1, -0.05) is 40.0 Å². The molecule has 1 heterocycles. The van der Waals surface area contributed by atoms with Crippen molar-refractivity contribution in [2.45, 2.75) is 46.5 Å². The zero-order chi connectivity index (χ0) is 17.8. The standard InChI is InChI=1S/C18H32N4O2.HI/c1-5-6-7-10-18(2,3)14-22-17(19-4)21-12-11-20-16(23)15-9-8-13-24-15;/h8-9,13H,5-7,10-12,14H2,1-4H3,(H,20,23)(H2,19,21,22);1H. The van der Waals surface area contributed by atoms with Crippen molar-refractivity contribution >= 4 is 35.8 Å². The van der Waals surface area contributed by atoms with E-state index in [1.54, 1.807) is 19.2 Å². The summed E-state index contributed by atoms with van der Waals surface area (Å²) in [5.41, 5.74) is 0.236. The van der Waals surface area contributed by atoms with Gasteiger partial charge in [0.15, 0.2) is 11.7 Å². The van der Waals surface area contributed by atoms with Gasteiger partial charge in [0.1, 0.15) is 0 Å². The summed E-state index contributed by atoms with van der Waals surface area (Å²) < 4.78 is 5.04. The molecule has 6 nitrogen and oxygen atoms in total. The van der Waals surface area contributed by atoms with Gasteiger partial charge in [0, 0.05) is 26.7 Å². The van der Waals surface area contributed by atoms with E-state index in [9.17, 15) is 4.79 Å². The van der Waals surface area contributed by atoms with E-state index in [0.29, 0.717) is 18.8 Å². The molecular weight excluding hydrogens is 431 g/mol. The molecular formula is C18H33IN4O2. The number of halogens is 1. The van der Waals surface area contributed by atoms with Crippen LogP contribution in [-0.4, -0.2) is 38.5 Å². The van der Waals surface area contributed by atoms with E-state index in [2.05, 4.69) is 41.7 Å². The van der Waals surface area contributed by atoms with E-state index in [-0.39, 0.29) is 35.3 Å². The zero-order valence-electron chi connectivity index (χ0n) is 15.9. The molecule has 3 N–H and O–H groups in total. The Balaban J connectivity index is 0.00000576. The lowest BCUT2D eigenvalue weighted by Crippen LogP contribution is -2.44. The molecule has 1 aromatic heterocycles. The van der Waals surface area contributed by atoms with E-state index in [4.69, 9.17) is 4.42 Å². The van der Waals surface area contributed by atoms with Gasteiger partial charge in [0.25, 0.3) is 5.91 Å². The van der Waals surface area contributed by atoms with Crippen molar-refractivity contribution in [1.82, 2.24) is 16.0 Å². The quantitative estimate of drug-likeness (QED) is 0.215. The predicted molar refractivity (Wildman–Crippen MR) is 114 cm³/mol. The van der Waals surface area contributed by atoms with Crippen molar-refractivity contribution in [1.29, 1.82) is 0 Å². The molecule has 1 amide bonds. The van der Waals surface area contributed by atoms with Crippen LogP contribution in [0.15, 0.2) is 27.8 Å². The normalized spacial score (nSPS) is 11.6. The van der Waals surface area contributed by atoms with Crippen LogP contribution in [0.2, 0.25) is 0 Å². The third kappa shape index (κ3) is 10.4. The van der Waals surface area contributed by atoms with Crippen LogP contribution >= 0.6 is 24.0 Å². The van der Waals surface area contributed by atoms with E-state index in [1.165, 1.54) is 31.9 Å². The van der Waals surface area contributed by atoms with Gasteiger partial charge < -0.3 is 20.4 Å². The van der Waals surface area contributed by atoms with Crippen LogP contribution in [-0.2, 0) is 0 Å². The summed E-state index contributed by atoms with van der Waals surface area (Å²) in [6, 6.07) is 3.34. The lowest BCUT2D eigenvalue weighted by Gasteiger charge is -2.26. The first-order valence-electron chi connectivity index (χ1n) is 8.74. The third-order valence-corrected chi connectivity index (χ3v) is 3.86. The van der Waals surface area contributed by atoms with Gasteiger partial charge in [-0.2, -0.15) is 0 Å². The molecule has 0 bridgehead atoms. The summed E-state index contributed by atoms with van der Waals surface area (Å²) in [5.74, 6) is 0.874. The summed E-state index contributed by atoms with van der Waals surface area (Å²) >= 11 is 0. The number of aliphatic imine (C=N–C) groups is 1. The fourth-order valence-corrected chi connectivity index (χ4v) is 2.34. The molecule has 1 aromatic rings. The molecule has 144 valence electrons. The number of unbranched alkanes of at least 4 members (excludes halogenated alkanes) is 2. The second-order valence-electron chi connectivity index (χ2n) is 6.71. The van der Waals surface area contributed by atoms with Crippen LogP contribution in [0.25, 0.3) is 0 Å². The first-order valence-corrected chi connectivity index (χ1v) is 8.74. The molecule has 25 heavy (non-hydrogen) atoms. The van der Waals surface area contributed by atoms with Gasteiger partial charge in [-0.3, -0.25) is 9.79 Å². The van der Waals surface area contributed by atoms with Crippen molar-refractivity contribution in [2.24, 2.45) is 10.4 Å². The molecule has 0 aliphatic heterocycles. The third-order valence-electron chi connectivity index (χ3n) is 3.86. The number of hydrogen-bond acceptors (Lipinski definition) is 3. The van der Waals surface area contributed by atoms with E-state index >= 15 is 0 Å². The highest BCUT2D eigenvalue weighted by Crippen LogP contribution is 2.22. The maximum atomic E-state index is 11.7. The second kappa shape index (κ2) is 13.0. The Morgan fingerprint density at radius 1 is 1.20 bits per heavy atom. The minimum atomic E-state index is -0.207. The lowest BCUT2D eigenvalue weighted by molar-refractivity contribution is 0.0926. The van der Waals surface area contributed by atoms with Gasteiger partial charge in [-0.15, -0.1) is 24.0 Å². The minimum Gasteiger partial charge on any atom is -0.459 e. The van der Waals surface area contributed by atoms with Crippen LogP contribution in [0.4, 0.5) is 0 Å². The number of furan rings is 1. The molecule has 0 aromatic carbocycles. The predicted octanol–water partition coefficient (Wildman–Crippen LogP) is 3.40. The summed E-state index contributed by atoms with van der Waals surface area (Å²) in [5, 5.41) is 9.36. The lowest BCUT2D eigenvalue weighted by atomic mass is 9.87. The topological polar surface area (TPSA) is 78.7 Å². The second-order valence-corrected chi connectivity index (χ2v) is 6.71. The first kappa shape index (κ1) is 23.8. The van der Waals surface area contributed by atoms with Crippen LogP contribution in [0.3, 0.4) is 0 Å². The Labute approximate surface area is 168 Å². The Morgan fingerprint density at radius 3 is 2.52 bits per heavy atom. The highest BCUT2D eigenvalue weighted by Gasteiger charge is 2.17. The molecule has 0 atom stereocenters. The van der Waals surface area contributed by atoms with Crippen molar-refractivity contribution in [2.75, 3.05) is 26.7 Å². The summed E-state index contributed by atoms with van der Waals surface area (Å²) in [6.45, 7) is 8.73. The monoisotopic (exact) mass is 464 g/mol. The smallest absolute Gasteiger partial charge is 0.287 e. The molecule has 0 spiro atoms. The van der Waals surface area contributed by atoms with Crippen molar-refractivity contribution in [3.8, 4) is 0 Å². The molecule has 0 fully saturated rings. The zero-order valence-corrected chi connectivity index (χ0v) is 18.2. The van der Waals surface area contributed by atoms with Crippen molar-refractivity contribution in [3.05, 3.63) is 24.2 Å². The average Bonchev–Trinajstić information content (AvgIpc) is 3.08. The Morgan fingerprint density at radius 2 is 1.92 bits per heavy atom. The largest absolute Gasteiger partial charge is 0.459 e. The molecule has 1 rings (SSSR count). The number of carbonyl (C=O) groups is 1. The number of rotatable bonds is 10. The molecule has 0 aliphatic carbocycles. The fourth-order valence-electron chi connectivity index (χ4n) is 2.34. The van der Waals surface area contributed by atoms with Crippen LogP contribution < -0.4 is 16.0 Å². The number of hydrogen-bond donors (Lipinski definition) is 3. The highest BCUT2D eigenvalue weighted by molar-refractivity contribution is 14.0. The van der Waals surface area contributed by atoms with Crippen LogP contribution in [0, 0.1) is 5.41 Å². The van der Waals surface area contributed by atoms with Crippen LogP contribution in [0.5, 0.6) is 0 Å². The Bertz CT molecular complexity index is 501. The molecule has 0 saturated carbocycles. The van der Waals surface area contributed by atoms with E-state index in [0.717, 1.165) is 12.5 Å². The average molecular weight is 464 g/mol.